The van der Waals surface area contributed by atoms with Crippen LogP contribution in [0.5, 0.6) is 5.75 Å². The molecule has 0 unspecified atom stereocenters. The summed E-state index contributed by atoms with van der Waals surface area (Å²) < 4.78 is 5.19. The van der Waals surface area contributed by atoms with Crippen LogP contribution >= 0.6 is 0 Å². The maximum atomic E-state index is 5.19. The molecule has 0 amide bonds. The molecule has 5 nitrogen and oxygen atoms in total. The first kappa shape index (κ1) is 19.4. The topological polar surface area (TPSA) is 58.5 Å². The summed E-state index contributed by atoms with van der Waals surface area (Å²) in [4.78, 5) is 8.72. The lowest BCUT2D eigenvalue weighted by Gasteiger charge is -2.13. The molecule has 2 N–H and O–H groups in total. The van der Waals surface area contributed by atoms with Crippen molar-refractivity contribution >= 4 is 5.96 Å². The molecule has 0 atom stereocenters. The summed E-state index contributed by atoms with van der Waals surface area (Å²) in [7, 11) is 3.46. The second kappa shape index (κ2) is 10.1. The molecule has 5 heteroatoms. The van der Waals surface area contributed by atoms with E-state index in [1.54, 1.807) is 14.2 Å². The molecular weight excluding hydrogens is 348 g/mol. The quantitative estimate of drug-likeness (QED) is 0.489. The van der Waals surface area contributed by atoms with E-state index in [0.29, 0.717) is 6.54 Å². The van der Waals surface area contributed by atoms with E-state index in [1.807, 2.05) is 36.5 Å². The fraction of sp³-hybridized carbons (Fsp3) is 0.217. The van der Waals surface area contributed by atoms with Crippen LogP contribution in [0.3, 0.4) is 0 Å². The third-order valence-electron chi connectivity index (χ3n) is 4.44. The van der Waals surface area contributed by atoms with Gasteiger partial charge in [0.05, 0.1) is 12.8 Å². The van der Waals surface area contributed by atoms with Crippen molar-refractivity contribution in [2.24, 2.45) is 4.99 Å². The maximum absolute atomic E-state index is 5.19. The molecule has 0 aliphatic carbocycles. The van der Waals surface area contributed by atoms with E-state index in [1.165, 1.54) is 11.1 Å². The normalized spacial score (nSPS) is 11.1. The first-order valence-electron chi connectivity index (χ1n) is 9.36. The number of guanidine groups is 1. The van der Waals surface area contributed by atoms with Gasteiger partial charge in [0.25, 0.3) is 0 Å². The number of methoxy groups -OCH3 is 1. The smallest absolute Gasteiger partial charge is 0.191 e. The lowest BCUT2D eigenvalue weighted by Crippen LogP contribution is -2.37. The van der Waals surface area contributed by atoms with Crippen LogP contribution < -0.4 is 15.4 Å². The van der Waals surface area contributed by atoms with Crippen molar-refractivity contribution in [3.05, 3.63) is 84.1 Å². The zero-order valence-corrected chi connectivity index (χ0v) is 16.4. The van der Waals surface area contributed by atoms with Gasteiger partial charge in [-0.3, -0.25) is 9.98 Å². The van der Waals surface area contributed by atoms with Crippen molar-refractivity contribution in [2.75, 3.05) is 20.7 Å². The number of hydrogen-bond acceptors (Lipinski definition) is 3. The zero-order chi connectivity index (χ0) is 19.6. The Morgan fingerprint density at radius 2 is 1.82 bits per heavy atom. The number of ether oxygens (including phenoxy) is 1. The van der Waals surface area contributed by atoms with Gasteiger partial charge >= 0.3 is 0 Å². The van der Waals surface area contributed by atoms with Crippen molar-refractivity contribution in [3.8, 4) is 17.0 Å². The van der Waals surface area contributed by atoms with Gasteiger partial charge < -0.3 is 15.4 Å². The molecule has 3 aromatic rings. The van der Waals surface area contributed by atoms with Crippen LogP contribution in [0.4, 0.5) is 0 Å². The highest BCUT2D eigenvalue weighted by atomic mass is 16.5. The third kappa shape index (κ3) is 5.58. The second-order valence-electron chi connectivity index (χ2n) is 6.37. The molecule has 0 aliphatic rings. The highest BCUT2D eigenvalue weighted by Crippen LogP contribution is 2.17. The predicted octanol–water partition coefficient (Wildman–Crippen LogP) is 3.66. The minimum atomic E-state index is 0.697. The second-order valence-corrected chi connectivity index (χ2v) is 6.37. The molecule has 0 bridgehead atoms. The van der Waals surface area contributed by atoms with Gasteiger partial charge in [0, 0.05) is 31.9 Å². The Kier molecular flexibility index (Phi) is 7.01. The molecule has 0 spiro atoms. The van der Waals surface area contributed by atoms with Gasteiger partial charge in [0.2, 0.25) is 0 Å². The number of pyridine rings is 1. The van der Waals surface area contributed by atoms with E-state index in [0.717, 1.165) is 35.9 Å². The van der Waals surface area contributed by atoms with E-state index in [2.05, 4.69) is 57.0 Å². The minimum Gasteiger partial charge on any atom is -0.497 e. The van der Waals surface area contributed by atoms with Gasteiger partial charge in [0.1, 0.15) is 5.75 Å². The van der Waals surface area contributed by atoms with Gasteiger partial charge in [0.15, 0.2) is 5.96 Å². The Morgan fingerprint density at radius 3 is 2.54 bits per heavy atom. The molecule has 0 saturated heterocycles. The van der Waals surface area contributed by atoms with Gasteiger partial charge in [-0.2, -0.15) is 0 Å². The number of hydrogen-bond donors (Lipinski definition) is 2. The molecule has 3 rings (SSSR count). The largest absolute Gasteiger partial charge is 0.497 e. The Labute approximate surface area is 166 Å². The third-order valence-corrected chi connectivity index (χ3v) is 4.44. The van der Waals surface area contributed by atoms with Gasteiger partial charge in [-0.1, -0.05) is 36.4 Å². The average molecular weight is 374 g/mol. The van der Waals surface area contributed by atoms with E-state index in [4.69, 9.17) is 4.74 Å². The average Bonchev–Trinajstić information content (AvgIpc) is 2.77. The summed E-state index contributed by atoms with van der Waals surface area (Å²) in [6.45, 7) is 1.50. The molecule has 0 saturated carbocycles. The Morgan fingerprint density at radius 1 is 0.964 bits per heavy atom. The summed E-state index contributed by atoms with van der Waals surface area (Å²) in [6.07, 6.45) is 2.73. The lowest BCUT2D eigenvalue weighted by atomic mass is 10.1. The van der Waals surface area contributed by atoms with Crippen molar-refractivity contribution in [1.29, 1.82) is 0 Å². The molecule has 0 fully saturated rings. The number of nitrogens with zero attached hydrogens (tertiary/aromatic N) is 2. The van der Waals surface area contributed by atoms with Crippen LogP contribution in [-0.4, -0.2) is 31.6 Å². The SMILES string of the molecule is CN=C(NCCc1ccc(OC)cc1)NCc1cccc(-c2ccccn2)c1. The molecule has 0 radical (unpaired) electrons. The molecular formula is C23H26N4O. The Balaban J connectivity index is 1.50. The van der Waals surface area contributed by atoms with Crippen molar-refractivity contribution in [1.82, 2.24) is 15.6 Å². The number of aromatic nitrogens is 1. The fourth-order valence-corrected chi connectivity index (χ4v) is 2.90. The summed E-state index contributed by atoms with van der Waals surface area (Å²) in [5.74, 6) is 1.67. The first-order valence-corrected chi connectivity index (χ1v) is 9.36. The number of benzene rings is 2. The zero-order valence-electron chi connectivity index (χ0n) is 16.4. The van der Waals surface area contributed by atoms with Crippen LogP contribution in [-0.2, 0) is 13.0 Å². The summed E-state index contributed by atoms with van der Waals surface area (Å²) in [5, 5.41) is 6.73. The van der Waals surface area contributed by atoms with Crippen molar-refractivity contribution in [2.45, 2.75) is 13.0 Å². The molecule has 1 aromatic heterocycles. The van der Waals surface area contributed by atoms with Crippen molar-refractivity contribution < 1.29 is 4.74 Å². The minimum absolute atomic E-state index is 0.697. The maximum Gasteiger partial charge on any atom is 0.191 e. The predicted molar refractivity (Wildman–Crippen MR) is 115 cm³/mol. The van der Waals surface area contributed by atoms with Crippen LogP contribution in [0.2, 0.25) is 0 Å². The first-order chi connectivity index (χ1) is 13.8. The number of nitrogens with one attached hydrogen (secondary N) is 2. The Bertz CT molecular complexity index is 892. The summed E-state index contributed by atoms with van der Waals surface area (Å²) in [5.41, 5.74) is 4.53. The molecule has 0 aliphatic heterocycles. The lowest BCUT2D eigenvalue weighted by molar-refractivity contribution is 0.414. The summed E-state index contributed by atoms with van der Waals surface area (Å²) in [6, 6.07) is 22.5. The highest BCUT2D eigenvalue weighted by Gasteiger charge is 2.02. The van der Waals surface area contributed by atoms with Crippen LogP contribution in [0.1, 0.15) is 11.1 Å². The van der Waals surface area contributed by atoms with Crippen LogP contribution in [0.25, 0.3) is 11.3 Å². The van der Waals surface area contributed by atoms with E-state index in [-0.39, 0.29) is 0 Å². The summed E-state index contributed by atoms with van der Waals surface area (Å²) >= 11 is 0. The highest BCUT2D eigenvalue weighted by molar-refractivity contribution is 5.79. The van der Waals surface area contributed by atoms with Crippen molar-refractivity contribution in [3.63, 3.8) is 0 Å². The number of rotatable bonds is 7. The Hall–Kier alpha value is -3.34. The van der Waals surface area contributed by atoms with Crippen LogP contribution in [0, 0.1) is 0 Å². The molecule has 1 heterocycles. The number of aliphatic imine (C=N–C) groups is 1. The monoisotopic (exact) mass is 374 g/mol. The van der Waals surface area contributed by atoms with E-state index < -0.39 is 0 Å². The standard InChI is InChI=1S/C23H26N4O/c1-24-23(26-15-13-18-9-11-21(28-2)12-10-18)27-17-19-6-5-7-20(16-19)22-8-3-4-14-25-22/h3-12,14,16H,13,15,17H2,1-2H3,(H2,24,26,27). The molecule has 28 heavy (non-hydrogen) atoms. The van der Waals surface area contributed by atoms with Gasteiger partial charge in [-0.25, -0.2) is 0 Å². The molecule has 144 valence electrons. The fourth-order valence-electron chi connectivity index (χ4n) is 2.90. The van der Waals surface area contributed by atoms with Crippen LogP contribution in [0.15, 0.2) is 77.9 Å². The van der Waals surface area contributed by atoms with Gasteiger partial charge in [-0.15, -0.1) is 0 Å². The van der Waals surface area contributed by atoms with E-state index in [9.17, 15) is 0 Å². The molecule has 2 aromatic carbocycles. The van der Waals surface area contributed by atoms with Gasteiger partial charge in [-0.05, 0) is 47.9 Å². The van der Waals surface area contributed by atoms with E-state index >= 15 is 0 Å².